The highest BCUT2D eigenvalue weighted by Crippen LogP contribution is 2.21. The van der Waals surface area contributed by atoms with Gasteiger partial charge in [-0.2, -0.15) is 0 Å². The van der Waals surface area contributed by atoms with E-state index in [-0.39, 0.29) is 18.3 Å². The number of hydrogen-bond donors (Lipinski definition) is 3. The average Bonchev–Trinajstić information content (AvgIpc) is 2.84. The van der Waals surface area contributed by atoms with E-state index >= 15 is 0 Å². The lowest BCUT2D eigenvalue weighted by Gasteiger charge is -2.04. The molecule has 1 rings (SSSR count). The molecule has 1 amide bonds. The predicted octanol–water partition coefficient (Wildman–Crippen LogP) is 0.736. The molecule has 0 bridgehead atoms. The van der Waals surface area contributed by atoms with E-state index in [1.807, 2.05) is 6.92 Å². The van der Waals surface area contributed by atoms with E-state index in [1.165, 1.54) is 18.3 Å². The molecule has 9 heteroatoms. The molecule has 1 aromatic heterocycles. The molecule has 0 unspecified atom stereocenters. The molecular formula is C12H22ClN3O3S2. The number of rotatable bonds is 9. The maximum atomic E-state index is 12.0. The van der Waals surface area contributed by atoms with Crippen molar-refractivity contribution in [2.45, 2.75) is 24.5 Å². The summed E-state index contributed by atoms with van der Waals surface area (Å²) < 4.78 is 26.8. The predicted molar refractivity (Wildman–Crippen MR) is 87.7 cm³/mol. The molecule has 21 heavy (non-hydrogen) atoms. The quantitative estimate of drug-likeness (QED) is 0.570. The van der Waals surface area contributed by atoms with Crippen LogP contribution in [0.15, 0.2) is 16.3 Å². The van der Waals surface area contributed by atoms with Crippen LogP contribution in [0.2, 0.25) is 0 Å². The molecule has 1 aromatic rings. The SMILES string of the molecule is CCNCCNS(=O)(=O)c1ccc(CCNC(C)=O)s1.Cl. The van der Waals surface area contributed by atoms with Gasteiger partial charge in [-0.1, -0.05) is 6.92 Å². The van der Waals surface area contributed by atoms with Gasteiger partial charge in [0.1, 0.15) is 4.21 Å². The summed E-state index contributed by atoms with van der Waals surface area (Å²) in [7, 11) is -3.42. The van der Waals surface area contributed by atoms with Crippen molar-refractivity contribution in [2.75, 3.05) is 26.2 Å². The summed E-state index contributed by atoms with van der Waals surface area (Å²) in [6.07, 6.45) is 0.636. The molecule has 122 valence electrons. The van der Waals surface area contributed by atoms with Crippen molar-refractivity contribution in [1.29, 1.82) is 0 Å². The molecule has 0 aliphatic carbocycles. The lowest BCUT2D eigenvalue weighted by molar-refractivity contribution is -0.118. The Hall–Kier alpha value is -0.670. The van der Waals surface area contributed by atoms with Gasteiger partial charge in [0.2, 0.25) is 15.9 Å². The molecule has 1 heterocycles. The highest BCUT2D eigenvalue weighted by Gasteiger charge is 2.15. The first-order valence-electron chi connectivity index (χ1n) is 6.49. The highest BCUT2D eigenvalue weighted by molar-refractivity contribution is 7.91. The monoisotopic (exact) mass is 355 g/mol. The zero-order valence-corrected chi connectivity index (χ0v) is 14.6. The minimum atomic E-state index is -3.42. The lowest BCUT2D eigenvalue weighted by Crippen LogP contribution is -2.31. The van der Waals surface area contributed by atoms with Crippen LogP contribution in [0, 0.1) is 0 Å². The smallest absolute Gasteiger partial charge is 0.250 e. The van der Waals surface area contributed by atoms with Crippen LogP contribution in [0.5, 0.6) is 0 Å². The van der Waals surface area contributed by atoms with E-state index < -0.39 is 10.0 Å². The molecule has 0 radical (unpaired) electrons. The molecule has 0 aliphatic heterocycles. The third-order valence-electron chi connectivity index (χ3n) is 2.49. The molecule has 0 spiro atoms. The van der Waals surface area contributed by atoms with E-state index in [1.54, 1.807) is 12.1 Å². The Bertz CT molecular complexity index is 532. The second-order valence-electron chi connectivity index (χ2n) is 4.21. The zero-order valence-electron chi connectivity index (χ0n) is 12.1. The highest BCUT2D eigenvalue weighted by atomic mass is 35.5. The van der Waals surface area contributed by atoms with Crippen LogP contribution in [0.3, 0.4) is 0 Å². The Balaban J connectivity index is 0.00000400. The minimum Gasteiger partial charge on any atom is -0.356 e. The van der Waals surface area contributed by atoms with Crippen LogP contribution >= 0.6 is 23.7 Å². The normalized spacial score (nSPS) is 11.0. The van der Waals surface area contributed by atoms with Gasteiger partial charge in [-0.15, -0.1) is 23.7 Å². The van der Waals surface area contributed by atoms with Crippen molar-refractivity contribution in [3.05, 3.63) is 17.0 Å². The number of hydrogen-bond acceptors (Lipinski definition) is 5. The van der Waals surface area contributed by atoms with Crippen LogP contribution in [0.25, 0.3) is 0 Å². The van der Waals surface area contributed by atoms with Gasteiger partial charge in [0.05, 0.1) is 0 Å². The standard InChI is InChI=1S/C12H21N3O3S2.ClH/c1-3-13-8-9-15-20(17,18)12-5-4-11(19-12)6-7-14-10(2)16;/h4-5,13,15H,3,6-9H2,1-2H3,(H,14,16);1H. The summed E-state index contributed by atoms with van der Waals surface area (Å²) in [6, 6.07) is 3.38. The number of nitrogens with one attached hydrogen (secondary N) is 3. The van der Waals surface area contributed by atoms with E-state index in [4.69, 9.17) is 0 Å². The van der Waals surface area contributed by atoms with Crippen LogP contribution in [-0.4, -0.2) is 40.5 Å². The zero-order chi connectivity index (χ0) is 15.0. The molecule has 0 fully saturated rings. The largest absolute Gasteiger partial charge is 0.356 e. The molecular weight excluding hydrogens is 334 g/mol. The Morgan fingerprint density at radius 1 is 1.24 bits per heavy atom. The first-order valence-corrected chi connectivity index (χ1v) is 8.79. The van der Waals surface area contributed by atoms with Gasteiger partial charge in [0.25, 0.3) is 0 Å². The molecule has 0 atom stereocenters. The number of carbonyl (C=O) groups excluding carboxylic acids is 1. The number of halogens is 1. The average molecular weight is 356 g/mol. The minimum absolute atomic E-state index is 0. The van der Waals surface area contributed by atoms with Gasteiger partial charge in [-0.3, -0.25) is 4.79 Å². The van der Waals surface area contributed by atoms with Gasteiger partial charge in [0.15, 0.2) is 0 Å². The molecule has 0 saturated heterocycles. The van der Waals surface area contributed by atoms with Crippen LogP contribution < -0.4 is 15.4 Å². The topological polar surface area (TPSA) is 87.3 Å². The summed E-state index contributed by atoms with van der Waals surface area (Å²) >= 11 is 1.23. The van der Waals surface area contributed by atoms with E-state index in [9.17, 15) is 13.2 Å². The number of carbonyl (C=O) groups is 1. The van der Waals surface area contributed by atoms with Crippen molar-refractivity contribution >= 4 is 39.7 Å². The van der Waals surface area contributed by atoms with Crippen LogP contribution in [0.4, 0.5) is 0 Å². The number of thiophene rings is 1. The third kappa shape index (κ3) is 7.77. The second-order valence-corrected chi connectivity index (χ2v) is 7.37. The van der Waals surface area contributed by atoms with Crippen LogP contribution in [-0.2, 0) is 21.2 Å². The molecule has 0 saturated carbocycles. The van der Waals surface area contributed by atoms with Gasteiger partial charge < -0.3 is 10.6 Å². The summed E-state index contributed by atoms with van der Waals surface area (Å²) in [5.74, 6) is -0.0838. The Morgan fingerprint density at radius 2 is 1.95 bits per heavy atom. The van der Waals surface area contributed by atoms with Crippen molar-refractivity contribution in [1.82, 2.24) is 15.4 Å². The first kappa shape index (κ1) is 20.3. The Kier molecular flexibility index (Phi) is 9.80. The van der Waals surface area contributed by atoms with Crippen molar-refractivity contribution in [3.8, 4) is 0 Å². The van der Waals surface area contributed by atoms with Crippen molar-refractivity contribution in [3.63, 3.8) is 0 Å². The van der Waals surface area contributed by atoms with Gasteiger partial charge in [0, 0.05) is 31.4 Å². The lowest BCUT2D eigenvalue weighted by atomic mass is 10.3. The van der Waals surface area contributed by atoms with Crippen LogP contribution in [0.1, 0.15) is 18.7 Å². The Labute approximate surface area is 136 Å². The van der Waals surface area contributed by atoms with Gasteiger partial charge in [-0.05, 0) is 25.1 Å². The van der Waals surface area contributed by atoms with Gasteiger partial charge in [-0.25, -0.2) is 13.1 Å². The van der Waals surface area contributed by atoms with E-state index in [0.29, 0.717) is 30.3 Å². The summed E-state index contributed by atoms with van der Waals surface area (Å²) in [5, 5.41) is 5.74. The van der Waals surface area contributed by atoms with Crippen molar-refractivity contribution < 1.29 is 13.2 Å². The molecule has 0 aliphatic rings. The number of sulfonamides is 1. The maximum Gasteiger partial charge on any atom is 0.250 e. The summed E-state index contributed by atoms with van der Waals surface area (Å²) in [4.78, 5) is 11.7. The summed E-state index contributed by atoms with van der Waals surface area (Å²) in [5.41, 5.74) is 0. The maximum absolute atomic E-state index is 12.0. The fourth-order valence-electron chi connectivity index (χ4n) is 1.52. The number of amides is 1. The first-order chi connectivity index (χ1) is 9.45. The van der Waals surface area contributed by atoms with Crippen molar-refractivity contribution in [2.24, 2.45) is 0 Å². The molecule has 6 nitrogen and oxygen atoms in total. The van der Waals surface area contributed by atoms with E-state index in [2.05, 4.69) is 15.4 Å². The van der Waals surface area contributed by atoms with Gasteiger partial charge >= 0.3 is 0 Å². The fraction of sp³-hybridized carbons (Fsp3) is 0.583. The Morgan fingerprint density at radius 3 is 2.57 bits per heavy atom. The third-order valence-corrected chi connectivity index (χ3v) is 5.59. The molecule has 0 aromatic carbocycles. The van der Waals surface area contributed by atoms with E-state index in [0.717, 1.165) is 11.4 Å². The second kappa shape index (κ2) is 10.1. The number of likely N-dealkylation sites (N-methyl/N-ethyl adjacent to an activating group) is 1. The fourth-order valence-corrected chi connectivity index (χ4v) is 3.95. The summed E-state index contributed by atoms with van der Waals surface area (Å²) in [6.45, 7) is 5.73. The molecule has 3 N–H and O–H groups in total.